The number of allylic oxidation sites excluding steroid dienone is 1. The van der Waals surface area contributed by atoms with Gasteiger partial charge in [0, 0.05) is 7.11 Å². The lowest BCUT2D eigenvalue weighted by atomic mass is 10.0. The Kier molecular flexibility index (Phi) is 8.40. The van der Waals surface area contributed by atoms with Gasteiger partial charge >= 0.3 is 0 Å². The first kappa shape index (κ1) is 21.7. The van der Waals surface area contributed by atoms with E-state index in [0.29, 0.717) is 13.2 Å². The summed E-state index contributed by atoms with van der Waals surface area (Å²) in [5, 5.41) is 10.7. The number of rotatable bonds is 11. The molecule has 1 aliphatic rings. The molecule has 2 aromatic carbocycles. The Balaban J connectivity index is 1.71. The van der Waals surface area contributed by atoms with Crippen LogP contribution in [-0.4, -0.2) is 42.9 Å². The Morgan fingerprint density at radius 3 is 2.24 bits per heavy atom. The normalized spacial score (nSPS) is 25.0. The molecule has 1 aliphatic heterocycles. The van der Waals surface area contributed by atoms with E-state index in [0.717, 1.165) is 24.0 Å². The second-order valence-electron chi connectivity index (χ2n) is 7.16. The molecule has 1 saturated heterocycles. The maximum absolute atomic E-state index is 10.7. The number of benzene rings is 2. The standard InChI is InChI=1S/C24H30O5/c1-3-4-15-20(27-16-18-11-7-5-8-12-18)22-23(21(25)24(26-2)29-22)28-17-19-13-9-6-10-14-19/h3,5-14,20-25H,1,4,15-17H2,2H3/t20-,21+,22+,23-,24?/m0/s1. The summed E-state index contributed by atoms with van der Waals surface area (Å²) in [5.41, 5.74) is 2.12. The van der Waals surface area contributed by atoms with Crippen LogP contribution in [0.5, 0.6) is 0 Å². The molecule has 0 spiro atoms. The Bertz CT molecular complexity index is 721. The molecular weight excluding hydrogens is 368 g/mol. The van der Waals surface area contributed by atoms with E-state index in [1.54, 1.807) is 0 Å². The van der Waals surface area contributed by atoms with E-state index >= 15 is 0 Å². The number of hydrogen-bond acceptors (Lipinski definition) is 5. The Morgan fingerprint density at radius 1 is 1.03 bits per heavy atom. The Morgan fingerprint density at radius 2 is 1.66 bits per heavy atom. The molecular formula is C24H30O5. The van der Waals surface area contributed by atoms with Gasteiger partial charge in [0.15, 0.2) is 6.29 Å². The molecule has 1 N–H and O–H groups in total. The number of aliphatic hydroxyl groups excluding tert-OH is 1. The van der Waals surface area contributed by atoms with Crippen LogP contribution < -0.4 is 0 Å². The molecule has 1 fully saturated rings. The van der Waals surface area contributed by atoms with Crippen LogP contribution in [0.4, 0.5) is 0 Å². The third-order valence-corrected chi connectivity index (χ3v) is 5.08. The van der Waals surface area contributed by atoms with Gasteiger partial charge in [-0.05, 0) is 24.0 Å². The Labute approximate surface area is 172 Å². The molecule has 1 unspecified atom stereocenters. The van der Waals surface area contributed by atoms with Crippen molar-refractivity contribution in [1.82, 2.24) is 0 Å². The molecule has 3 rings (SSSR count). The van der Waals surface area contributed by atoms with Gasteiger partial charge in [0.1, 0.15) is 18.3 Å². The Hall–Kier alpha value is -2.02. The second-order valence-corrected chi connectivity index (χ2v) is 7.16. The minimum absolute atomic E-state index is 0.260. The second kappa shape index (κ2) is 11.2. The van der Waals surface area contributed by atoms with E-state index < -0.39 is 24.6 Å². The van der Waals surface area contributed by atoms with Crippen molar-refractivity contribution in [2.45, 2.75) is 56.8 Å². The highest BCUT2D eigenvalue weighted by Gasteiger charge is 2.48. The van der Waals surface area contributed by atoms with Gasteiger partial charge in [0.05, 0.1) is 19.3 Å². The van der Waals surface area contributed by atoms with Crippen molar-refractivity contribution in [3.05, 3.63) is 84.4 Å². The molecule has 156 valence electrons. The average Bonchev–Trinajstić information content (AvgIpc) is 3.09. The monoisotopic (exact) mass is 398 g/mol. The van der Waals surface area contributed by atoms with Gasteiger partial charge in [-0.15, -0.1) is 6.58 Å². The van der Waals surface area contributed by atoms with Crippen molar-refractivity contribution in [1.29, 1.82) is 0 Å². The molecule has 29 heavy (non-hydrogen) atoms. The molecule has 5 nitrogen and oxygen atoms in total. The average molecular weight is 398 g/mol. The van der Waals surface area contributed by atoms with Crippen LogP contribution in [0.1, 0.15) is 24.0 Å². The zero-order valence-electron chi connectivity index (χ0n) is 16.9. The number of aliphatic hydroxyl groups is 1. The lowest BCUT2D eigenvalue weighted by molar-refractivity contribution is -0.173. The minimum atomic E-state index is -0.889. The van der Waals surface area contributed by atoms with Crippen molar-refractivity contribution in [3.8, 4) is 0 Å². The van der Waals surface area contributed by atoms with Gasteiger partial charge in [0.2, 0.25) is 0 Å². The largest absolute Gasteiger partial charge is 0.385 e. The quantitative estimate of drug-likeness (QED) is 0.583. The zero-order chi connectivity index (χ0) is 20.5. The summed E-state index contributed by atoms with van der Waals surface area (Å²) in [6.07, 6.45) is 0.468. The first-order valence-corrected chi connectivity index (χ1v) is 10.0. The first-order valence-electron chi connectivity index (χ1n) is 10.0. The molecule has 5 atom stereocenters. The predicted molar refractivity (Wildman–Crippen MR) is 111 cm³/mol. The van der Waals surface area contributed by atoms with Crippen molar-refractivity contribution in [2.24, 2.45) is 0 Å². The fourth-order valence-corrected chi connectivity index (χ4v) is 3.52. The summed E-state index contributed by atoms with van der Waals surface area (Å²) in [6.45, 7) is 4.66. The SMILES string of the molecule is C=CCC[C@H](OCc1ccccc1)[C@H]1OC(OC)[C@H](O)[C@@H]1OCc1ccccc1. The van der Waals surface area contributed by atoms with Gasteiger partial charge in [-0.25, -0.2) is 0 Å². The van der Waals surface area contributed by atoms with Gasteiger partial charge in [0.25, 0.3) is 0 Å². The van der Waals surface area contributed by atoms with Crippen LogP contribution in [0.15, 0.2) is 73.3 Å². The summed E-state index contributed by atoms with van der Waals surface area (Å²) >= 11 is 0. The third kappa shape index (κ3) is 5.98. The summed E-state index contributed by atoms with van der Waals surface area (Å²) in [4.78, 5) is 0. The molecule has 0 bridgehead atoms. The van der Waals surface area contributed by atoms with Crippen LogP contribution in [-0.2, 0) is 32.2 Å². The number of ether oxygens (including phenoxy) is 4. The minimum Gasteiger partial charge on any atom is -0.385 e. The third-order valence-electron chi connectivity index (χ3n) is 5.08. The van der Waals surface area contributed by atoms with Crippen LogP contribution in [0.2, 0.25) is 0 Å². The fraction of sp³-hybridized carbons (Fsp3) is 0.417. The summed E-state index contributed by atoms with van der Waals surface area (Å²) in [7, 11) is 1.52. The highest BCUT2D eigenvalue weighted by Crippen LogP contribution is 2.31. The van der Waals surface area contributed by atoms with E-state index in [4.69, 9.17) is 18.9 Å². The summed E-state index contributed by atoms with van der Waals surface area (Å²) < 4.78 is 23.7. The van der Waals surface area contributed by atoms with Crippen molar-refractivity contribution in [3.63, 3.8) is 0 Å². The van der Waals surface area contributed by atoms with E-state index in [1.165, 1.54) is 7.11 Å². The lowest BCUT2D eigenvalue weighted by Crippen LogP contribution is -2.42. The molecule has 0 aliphatic carbocycles. The topological polar surface area (TPSA) is 57.2 Å². The van der Waals surface area contributed by atoms with Crippen molar-refractivity contribution < 1.29 is 24.1 Å². The molecule has 1 heterocycles. The molecule has 0 radical (unpaired) electrons. The highest BCUT2D eigenvalue weighted by atomic mass is 16.7. The van der Waals surface area contributed by atoms with Gasteiger partial charge < -0.3 is 24.1 Å². The smallest absolute Gasteiger partial charge is 0.186 e. The fourth-order valence-electron chi connectivity index (χ4n) is 3.52. The summed E-state index contributed by atoms with van der Waals surface area (Å²) in [6, 6.07) is 19.9. The van der Waals surface area contributed by atoms with E-state index in [2.05, 4.69) is 6.58 Å². The van der Waals surface area contributed by atoms with Gasteiger partial charge in [-0.3, -0.25) is 0 Å². The van der Waals surface area contributed by atoms with Crippen LogP contribution >= 0.6 is 0 Å². The van der Waals surface area contributed by atoms with Crippen molar-refractivity contribution >= 4 is 0 Å². The van der Waals surface area contributed by atoms with Crippen molar-refractivity contribution in [2.75, 3.05) is 7.11 Å². The molecule has 5 heteroatoms. The van der Waals surface area contributed by atoms with Crippen LogP contribution in [0.3, 0.4) is 0 Å². The number of hydrogen-bond donors (Lipinski definition) is 1. The van der Waals surface area contributed by atoms with E-state index in [9.17, 15) is 5.11 Å². The molecule has 2 aromatic rings. The predicted octanol–water partition coefficient (Wildman–Crippen LogP) is 3.86. The summed E-state index contributed by atoms with van der Waals surface area (Å²) in [5.74, 6) is 0. The van der Waals surface area contributed by atoms with Gasteiger partial charge in [-0.2, -0.15) is 0 Å². The van der Waals surface area contributed by atoms with E-state index in [-0.39, 0.29) is 6.10 Å². The maximum Gasteiger partial charge on any atom is 0.186 e. The highest BCUT2D eigenvalue weighted by molar-refractivity contribution is 5.14. The van der Waals surface area contributed by atoms with Crippen LogP contribution in [0, 0.1) is 0 Å². The number of methoxy groups -OCH3 is 1. The van der Waals surface area contributed by atoms with E-state index in [1.807, 2.05) is 66.7 Å². The lowest BCUT2D eigenvalue weighted by Gasteiger charge is -2.28. The first-order chi connectivity index (χ1) is 14.2. The van der Waals surface area contributed by atoms with Crippen LogP contribution in [0.25, 0.3) is 0 Å². The molecule has 0 saturated carbocycles. The maximum atomic E-state index is 10.7. The zero-order valence-corrected chi connectivity index (χ0v) is 16.9. The molecule has 0 aromatic heterocycles. The molecule has 0 amide bonds. The van der Waals surface area contributed by atoms with Gasteiger partial charge in [-0.1, -0.05) is 66.7 Å².